The Kier molecular flexibility index (Phi) is 7.83. The average molecular weight is 839 g/mol. The van der Waals surface area contributed by atoms with Crippen LogP contribution in [0.25, 0.3) is 31.3 Å². The van der Waals surface area contributed by atoms with Crippen molar-refractivity contribution in [2.24, 2.45) is 0 Å². The molecule has 2 aliphatic heterocycles. The summed E-state index contributed by atoms with van der Waals surface area (Å²) in [5, 5.41) is 2.58. The summed E-state index contributed by atoms with van der Waals surface area (Å²) in [5.74, 6) is 0. The second-order valence-electron chi connectivity index (χ2n) is 18.9. The molecule has 3 heteroatoms. The van der Waals surface area contributed by atoms with E-state index in [0.29, 0.717) is 0 Å². The van der Waals surface area contributed by atoms with Crippen LogP contribution < -0.4 is 9.80 Å². The first kappa shape index (κ1) is 37.4. The van der Waals surface area contributed by atoms with E-state index in [1.165, 1.54) is 110 Å². The number of hydrogen-bond donors (Lipinski definition) is 0. The lowest BCUT2D eigenvalue weighted by atomic mass is 9.67. The minimum absolute atomic E-state index is 0.117. The maximum atomic E-state index is 2.56. The van der Waals surface area contributed by atoms with E-state index < -0.39 is 5.41 Å². The first-order valence-corrected chi connectivity index (χ1v) is 23.3. The highest BCUT2D eigenvalue weighted by Gasteiger charge is 2.47. The normalized spacial score (nSPS) is 15.8. The zero-order valence-electron chi connectivity index (χ0n) is 36.4. The molecule has 10 aromatic rings. The molecule has 3 aliphatic rings. The molecule has 0 atom stereocenters. The molecule has 9 aromatic carbocycles. The molecule has 306 valence electrons. The van der Waals surface area contributed by atoms with Crippen LogP contribution >= 0.6 is 11.3 Å². The van der Waals surface area contributed by atoms with E-state index in [1.54, 1.807) is 0 Å². The summed E-state index contributed by atoms with van der Waals surface area (Å²) in [6, 6.07) is 77.8. The first-order chi connectivity index (χ1) is 31.3. The highest BCUT2D eigenvalue weighted by molar-refractivity contribution is 7.25. The minimum atomic E-state index is -0.576. The van der Waals surface area contributed by atoms with Crippen LogP contribution in [0.4, 0.5) is 34.1 Å². The lowest BCUT2D eigenvalue weighted by molar-refractivity contribution is 0.631. The third-order valence-corrected chi connectivity index (χ3v) is 16.0. The molecular formula is C61H46N2S. The van der Waals surface area contributed by atoms with Crippen LogP contribution in [0.3, 0.4) is 0 Å². The highest BCUT2D eigenvalue weighted by atomic mass is 32.1. The maximum Gasteiger partial charge on any atom is 0.0714 e. The van der Waals surface area contributed by atoms with Crippen molar-refractivity contribution in [3.63, 3.8) is 0 Å². The molecule has 0 bridgehead atoms. The van der Waals surface area contributed by atoms with Crippen molar-refractivity contribution in [1.29, 1.82) is 0 Å². The van der Waals surface area contributed by atoms with Crippen molar-refractivity contribution in [3.8, 4) is 11.1 Å². The Labute approximate surface area is 379 Å². The largest absolute Gasteiger partial charge is 0.310 e. The number of hydrogen-bond acceptors (Lipinski definition) is 3. The Morgan fingerprint density at radius 3 is 1.23 bits per heavy atom. The Balaban J connectivity index is 1.07. The third kappa shape index (κ3) is 4.96. The standard InChI is InChI=1S/C61H46N2S/c1-59(2)47-23-11-15-27-53(47)62(54-28-16-12-24-48(54)59)41-32-34-57-45(35-41)46-37-52-44(38-58(46)64-57)43-33-31-42(36-51(43)61(52,39-19-7-5-8-20-39)40-21-9-6-10-22-40)63-55-29-17-13-25-49(55)60(3,4)50-26-14-18-30-56(50)63/h5-38H,1-4H3. The van der Waals surface area contributed by atoms with Gasteiger partial charge < -0.3 is 9.80 Å². The molecule has 3 heterocycles. The molecule has 0 radical (unpaired) electrons. The highest BCUT2D eigenvalue weighted by Crippen LogP contribution is 2.60. The predicted molar refractivity (Wildman–Crippen MR) is 270 cm³/mol. The van der Waals surface area contributed by atoms with Gasteiger partial charge in [-0.2, -0.15) is 0 Å². The average Bonchev–Trinajstić information content (AvgIpc) is 3.83. The van der Waals surface area contributed by atoms with E-state index in [-0.39, 0.29) is 10.8 Å². The molecule has 0 unspecified atom stereocenters. The van der Waals surface area contributed by atoms with Crippen molar-refractivity contribution in [2.75, 3.05) is 9.80 Å². The van der Waals surface area contributed by atoms with Gasteiger partial charge >= 0.3 is 0 Å². The maximum absolute atomic E-state index is 2.56. The first-order valence-electron chi connectivity index (χ1n) is 22.5. The van der Waals surface area contributed by atoms with Gasteiger partial charge in [0.1, 0.15) is 0 Å². The number of para-hydroxylation sites is 4. The fourth-order valence-corrected chi connectivity index (χ4v) is 13.0. The molecule has 0 spiro atoms. The van der Waals surface area contributed by atoms with Gasteiger partial charge in [-0.15, -0.1) is 11.3 Å². The van der Waals surface area contributed by atoms with Crippen molar-refractivity contribution in [1.82, 2.24) is 0 Å². The van der Waals surface area contributed by atoms with Crippen LogP contribution in [0.15, 0.2) is 206 Å². The molecule has 1 aromatic heterocycles. The van der Waals surface area contributed by atoms with E-state index in [4.69, 9.17) is 0 Å². The SMILES string of the molecule is CC1(C)c2ccccc2N(c2ccc3c(c2)C(c2ccccc2)(c2ccccc2)c2cc4c(cc2-3)sc2ccc(N3c5ccccc5C(C)(C)c5ccccc53)cc24)c2ccccc21. The van der Waals surface area contributed by atoms with Gasteiger partial charge in [0, 0.05) is 42.4 Å². The summed E-state index contributed by atoms with van der Waals surface area (Å²) in [7, 11) is 0. The van der Waals surface area contributed by atoms with Gasteiger partial charge in [0.2, 0.25) is 0 Å². The zero-order chi connectivity index (χ0) is 43.0. The number of rotatable bonds is 4. The van der Waals surface area contributed by atoms with E-state index in [1.807, 2.05) is 11.3 Å². The van der Waals surface area contributed by atoms with Crippen LogP contribution in [0, 0.1) is 0 Å². The second-order valence-corrected chi connectivity index (χ2v) is 20.0. The molecule has 64 heavy (non-hydrogen) atoms. The predicted octanol–water partition coefficient (Wildman–Crippen LogP) is 16.6. The summed E-state index contributed by atoms with van der Waals surface area (Å²) in [6.45, 7) is 9.44. The Morgan fingerprint density at radius 1 is 0.328 bits per heavy atom. The summed E-state index contributed by atoms with van der Waals surface area (Å²) in [5.41, 5.74) is 19.6. The van der Waals surface area contributed by atoms with Crippen molar-refractivity contribution in [3.05, 3.63) is 251 Å². The van der Waals surface area contributed by atoms with Gasteiger partial charge in [-0.1, -0.05) is 167 Å². The summed E-state index contributed by atoms with van der Waals surface area (Å²) in [6.07, 6.45) is 0. The summed E-state index contributed by atoms with van der Waals surface area (Å²) in [4.78, 5) is 4.99. The zero-order valence-corrected chi connectivity index (χ0v) is 37.2. The van der Waals surface area contributed by atoms with E-state index in [0.717, 1.165) is 0 Å². The lowest BCUT2D eigenvalue weighted by Crippen LogP contribution is -2.31. The van der Waals surface area contributed by atoms with Crippen molar-refractivity contribution < 1.29 is 0 Å². The third-order valence-electron chi connectivity index (χ3n) is 14.9. The Morgan fingerprint density at radius 2 is 0.734 bits per heavy atom. The van der Waals surface area contributed by atoms with Gasteiger partial charge in [0.05, 0.1) is 28.2 Å². The van der Waals surface area contributed by atoms with Crippen LogP contribution in [0.2, 0.25) is 0 Å². The number of anilines is 6. The second kappa shape index (κ2) is 13.4. The fourth-order valence-electron chi connectivity index (χ4n) is 11.9. The van der Waals surface area contributed by atoms with Crippen molar-refractivity contribution in [2.45, 2.75) is 43.9 Å². The van der Waals surface area contributed by atoms with Gasteiger partial charge in [0.15, 0.2) is 0 Å². The Hall–Kier alpha value is -7.20. The summed E-state index contributed by atoms with van der Waals surface area (Å²) >= 11 is 1.90. The number of thiophene rings is 1. The number of nitrogens with zero attached hydrogens (tertiary/aromatic N) is 2. The number of fused-ring (bicyclic) bond motifs is 10. The topological polar surface area (TPSA) is 6.48 Å². The van der Waals surface area contributed by atoms with E-state index in [2.05, 4.69) is 244 Å². The quantitative estimate of drug-likeness (QED) is 0.174. The van der Waals surface area contributed by atoms with Gasteiger partial charge in [-0.3, -0.25) is 0 Å². The van der Waals surface area contributed by atoms with Gasteiger partial charge in [-0.05, 0) is 122 Å². The molecule has 2 nitrogen and oxygen atoms in total. The van der Waals surface area contributed by atoms with Crippen LogP contribution in [-0.4, -0.2) is 0 Å². The van der Waals surface area contributed by atoms with E-state index >= 15 is 0 Å². The molecular weight excluding hydrogens is 793 g/mol. The molecule has 0 N–H and O–H groups in total. The van der Waals surface area contributed by atoms with Gasteiger partial charge in [-0.25, -0.2) is 0 Å². The molecule has 13 rings (SSSR count). The van der Waals surface area contributed by atoms with Crippen LogP contribution in [-0.2, 0) is 16.2 Å². The molecule has 1 aliphatic carbocycles. The Bertz CT molecular complexity index is 3380. The molecule has 0 saturated heterocycles. The molecule has 0 saturated carbocycles. The van der Waals surface area contributed by atoms with E-state index in [9.17, 15) is 0 Å². The summed E-state index contributed by atoms with van der Waals surface area (Å²) < 4.78 is 2.60. The minimum Gasteiger partial charge on any atom is -0.310 e. The molecule has 0 amide bonds. The van der Waals surface area contributed by atoms with Gasteiger partial charge in [0.25, 0.3) is 0 Å². The van der Waals surface area contributed by atoms with Crippen LogP contribution in [0.1, 0.15) is 72.2 Å². The number of benzene rings is 9. The monoisotopic (exact) mass is 838 g/mol. The van der Waals surface area contributed by atoms with Crippen LogP contribution in [0.5, 0.6) is 0 Å². The lowest BCUT2D eigenvalue weighted by Gasteiger charge is -2.42. The molecule has 0 fully saturated rings. The van der Waals surface area contributed by atoms with Crippen molar-refractivity contribution >= 4 is 65.6 Å². The smallest absolute Gasteiger partial charge is 0.0714 e. The fraction of sp³-hybridized carbons (Fsp3) is 0.115.